The molecule has 0 spiro atoms. The van der Waals surface area contributed by atoms with E-state index >= 15 is 0 Å². The maximum atomic E-state index is 11.5. The van der Waals surface area contributed by atoms with Crippen LogP contribution in [0.1, 0.15) is 18.7 Å². The van der Waals surface area contributed by atoms with Crippen LogP contribution in [0.5, 0.6) is 0 Å². The Morgan fingerprint density at radius 2 is 2.22 bits per heavy atom. The SMILES string of the molecule is NC(=O)CC[C@H](NC(=O)Cc1ncco1)C(=O)O. The van der Waals surface area contributed by atoms with E-state index in [1.54, 1.807) is 0 Å². The van der Waals surface area contributed by atoms with Crippen LogP contribution < -0.4 is 11.1 Å². The molecule has 18 heavy (non-hydrogen) atoms. The maximum absolute atomic E-state index is 11.5. The molecule has 0 saturated heterocycles. The molecule has 0 aliphatic carbocycles. The van der Waals surface area contributed by atoms with Gasteiger partial charge in [-0.3, -0.25) is 9.59 Å². The van der Waals surface area contributed by atoms with E-state index in [1.807, 2.05) is 0 Å². The van der Waals surface area contributed by atoms with Crippen LogP contribution in [-0.4, -0.2) is 33.9 Å². The summed E-state index contributed by atoms with van der Waals surface area (Å²) in [4.78, 5) is 36.6. The molecule has 98 valence electrons. The molecule has 4 N–H and O–H groups in total. The van der Waals surface area contributed by atoms with Crippen LogP contribution >= 0.6 is 0 Å². The van der Waals surface area contributed by atoms with Crippen molar-refractivity contribution in [2.24, 2.45) is 5.73 Å². The summed E-state index contributed by atoms with van der Waals surface area (Å²) in [5.41, 5.74) is 4.91. The first-order valence-electron chi connectivity index (χ1n) is 5.18. The summed E-state index contributed by atoms with van der Waals surface area (Å²) in [6.07, 6.45) is 2.36. The van der Waals surface area contributed by atoms with Crippen molar-refractivity contribution in [2.75, 3.05) is 0 Å². The summed E-state index contributed by atoms with van der Waals surface area (Å²) in [6, 6.07) is -1.15. The standard InChI is InChI=1S/C10H13N3O5/c11-7(14)2-1-6(10(16)17)13-8(15)5-9-12-3-4-18-9/h3-4,6H,1-2,5H2,(H2,11,14)(H,13,15)(H,16,17)/t6-/m0/s1. The highest BCUT2D eigenvalue weighted by Crippen LogP contribution is 2.00. The van der Waals surface area contributed by atoms with Crippen LogP contribution in [0.25, 0.3) is 0 Å². The third-order valence-electron chi connectivity index (χ3n) is 2.11. The van der Waals surface area contributed by atoms with Gasteiger partial charge in [0.1, 0.15) is 18.7 Å². The average Bonchev–Trinajstić information content (AvgIpc) is 2.76. The molecular weight excluding hydrogens is 242 g/mol. The Kier molecular flexibility index (Phi) is 4.85. The number of nitrogens with zero attached hydrogens (tertiary/aromatic N) is 1. The van der Waals surface area contributed by atoms with Crippen LogP contribution in [-0.2, 0) is 20.8 Å². The third kappa shape index (κ3) is 4.64. The average molecular weight is 255 g/mol. The highest BCUT2D eigenvalue weighted by molar-refractivity contribution is 5.85. The highest BCUT2D eigenvalue weighted by Gasteiger charge is 2.21. The quantitative estimate of drug-likeness (QED) is 0.574. The Morgan fingerprint density at radius 3 is 2.72 bits per heavy atom. The first-order valence-corrected chi connectivity index (χ1v) is 5.18. The van der Waals surface area contributed by atoms with E-state index in [-0.39, 0.29) is 25.2 Å². The van der Waals surface area contributed by atoms with E-state index in [1.165, 1.54) is 12.5 Å². The molecule has 0 bridgehead atoms. The van der Waals surface area contributed by atoms with E-state index in [0.717, 1.165) is 0 Å². The largest absolute Gasteiger partial charge is 0.480 e. The van der Waals surface area contributed by atoms with Crippen LogP contribution in [0.15, 0.2) is 16.9 Å². The van der Waals surface area contributed by atoms with Gasteiger partial charge in [-0.2, -0.15) is 0 Å². The van der Waals surface area contributed by atoms with Crippen LogP contribution in [0, 0.1) is 0 Å². The van der Waals surface area contributed by atoms with Crippen LogP contribution in [0.4, 0.5) is 0 Å². The van der Waals surface area contributed by atoms with Gasteiger partial charge in [-0.25, -0.2) is 9.78 Å². The number of aliphatic carboxylic acids is 1. The molecule has 0 saturated carbocycles. The molecule has 0 aromatic carbocycles. The number of carbonyl (C=O) groups excluding carboxylic acids is 2. The zero-order chi connectivity index (χ0) is 13.5. The van der Waals surface area contributed by atoms with Crippen molar-refractivity contribution in [1.29, 1.82) is 0 Å². The summed E-state index contributed by atoms with van der Waals surface area (Å²) < 4.78 is 4.85. The first-order chi connectivity index (χ1) is 8.49. The van der Waals surface area contributed by atoms with Crippen molar-refractivity contribution >= 4 is 17.8 Å². The third-order valence-corrected chi connectivity index (χ3v) is 2.11. The number of carbonyl (C=O) groups is 3. The molecule has 1 atom stereocenters. The smallest absolute Gasteiger partial charge is 0.326 e. The number of rotatable bonds is 7. The lowest BCUT2D eigenvalue weighted by atomic mass is 10.1. The molecule has 1 rings (SSSR count). The molecular formula is C10H13N3O5. The number of carboxylic acid groups (broad SMARTS) is 1. The minimum atomic E-state index is -1.22. The number of hydrogen-bond acceptors (Lipinski definition) is 5. The highest BCUT2D eigenvalue weighted by atomic mass is 16.4. The number of oxazole rings is 1. The molecule has 0 radical (unpaired) electrons. The van der Waals surface area contributed by atoms with Gasteiger partial charge in [0.05, 0.1) is 6.20 Å². The summed E-state index contributed by atoms with van der Waals surface area (Å²) in [5, 5.41) is 11.1. The van der Waals surface area contributed by atoms with Gasteiger partial charge in [0, 0.05) is 6.42 Å². The Bertz CT molecular complexity index is 429. The van der Waals surface area contributed by atoms with Gasteiger partial charge in [0.15, 0.2) is 0 Å². The Hall–Kier alpha value is -2.38. The summed E-state index contributed by atoms with van der Waals surface area (Å²) >= 11 is 0. The molecule has 0 fully saturated rings. The second kappa shape index (κ2) is 6.38. The number of nitrogens with two attached hydrogens (primary N) is 1. The van der Waals surface area contributed by atoms with Crippen molar-refractivity contribution in [3.8, 4) is 0 Å². The lowest BCUT2D eigenvalue weighted by molar-refractivity contribution is -0.142. The molecule has 0 aliphatic heterocycles. The maximum Gasteiger partial charge on any atom is 0.326 e. The number of primary amides is 1. The van der Waals surface area contributed by atoms with Gasteiger partial charge >= 0.3 is 5.97 Å². The van der Waals surface area contributed by atoms with E-state index in [4.69, 9.17) is 15.3 Å². The molecule has 0 unspecified atom stereocenters. The van der Waals surface area contributed by atoms with Crippen molar-refractivity contribution in [2.45, 2.75) is 25.3 Å². The molecule has 0 aliphatic rings. The minimum Gasteiger partial charge on any atom is -0.480 e. The van der Waals surface area contributed by atoms with Gasteiger partial charge < -0.3 is 20.6 Å². The molecule has 8 heteroatoms. The summed E-state index contributed by atoms with van der Waals surface area (Å²) in [5.74, 6) is -2.21. The molecule has 1 aromatic rings. The Balaban J connectivity index is 2.47. The van der Waals surface area contributed by atoms with Crippen LogP contribution in [0.3, 0.4) is 0 Å². The fourth-order valence-corrected chi connectivity index (χ4v) is 1.27. The summed E-state index contributed by atoms with van der Waals surface area (Å²) in [7, 11) is 0. The number of nitrogens with one attached hydrogen (secondary N) is 1. The zero-order valence-electron chi connectivity index (χ0n) is 9.46. The van der Waals surface area contributed by atoms with Gasteiger partial charge in [-0.05, 0) is 6.42 Å². The Morgan fingerprint density at radius 1 is 1.50 bits per heavy atom. The fraction of sp³-hybridized carbons (Fsp3) is 0.400. The number of carboxylic acids is 1. The lowest BCUT2D eigenvalue weighted by Crippen LogP contribution is -2.42. The topological polar surface area (TPSA) is 136 Å². The molecule has 8 nitrogen and oxygen atoms in total. The molecule has 2 amide bonds. The monoisotopic (exact) mass is 255 g/mol. The van der Waals surface area contributed by atoms with Gasteiger partial charge in [-0.1, -0.05) is 0 Å². The molecule has 1 heterocycles. The van der Waals surface area contributed by atoms with E-state index in [9.17, 15) is 14.4 Å². The fourth-order valence-electron chi connectivity index (χ4n) is 1.27. The Labute approximate surface area is 102 Å². The zero-order valence-corrected chi connectivity index (χ0v) is 9.46. The van der Waals surface area contributed by atoms with E-state index in [2.05, 4.69) is 10.3 Å². The second-order valence-corrected chi connectivity index (χ2v) is 3.57. The predicted octanol–water partition coefficient (Wildman–Crippen LogP) is -0.948. The van der Waals surface area contributed by atoms with E-state index in [0.29, 0.717) is 0 Å². The van der Waals surface area contributed by atoms with Crippen LogP contribution in [0.2, 0.25) is 0 Å². The normalized spacial score (nSPS) is 11.8. The van der Waals surface area contributed by atoms with Crippen molar-refractivity contribution < 1.29 is 23.9 Å². The lowest BCUT2D eigenvalue weighted by Gasteiger charge is -2.12. The van der Waals surface area contributed by atoms with Crippen molar-refractivity contribution in [1.82, 2.24) is 10.3 Å². The van der Waals surface area contributed by atoms with E-state index < -0.39 is 23.8 Å². The van der Waals surface area contributed by atoms with Gasteiger partial charge in [0.25, 0.3) is 0 Å². The number of aromatic nitrogens is 1. The van der Waals surface area contributed by atoms with Gasteiger partial charge in [0.2, 0.25) is 17.7 Å². The van der Waals surface area contributed by atoms with Crippen molar-refractivity contribution in [3.05, 3.63) is 18.4 Å². The number of hydrogen-bond donors (Lipinski definition) is 3. The van der Waals surface area contributed by atoms with Crippen molar-refractivity contribution in [3.63, 3.8) is 0 Å². The minimum absolute atomic E-state index is 0.0536. The number of amides is 2. The first kappa shape index (κ1) is 13.7. The summed E-state index contributed by atoms with van der Waals surface area (Å²) in [6.45, 7) is 0. The molecule has 1 aromatic heterocycles. The second-order valence-electron chi connectivity index (χ2n) is 3.57. The predicted molar refractivity (Wildman–Crippen MR) is 58.2 cm³/mol. The van der Waals surface area contributed by atoms with Gasteiger partial charge in [-0.15, -0.1) is 0 Å².